The van der Waals surface area contributed by atoms with Crippen LogP contribution in [0.25, 0.3) is 0 Å². The smallest absolute Gasteiger partial charge is 0.168 e. The molecule has 0 bridgehead atoms. The summed E-state index contributed by atoms with van der Waals surface area (Å²) < 4.78 is 5.55. The molecule has 2 aromatic rings. The largest absolute Gasteiger partial charge is 0.492 e. The molecule has 0 saturated carbocycles. The molecule has 0 aliphatic carbocycles. The van der Waals surface area contributed by atoms with Gasteiger partial charge in [-0.05, 0) is 26.0 Å². The molecule has 0 aromatic heterocycles. The maximum absolute atomic E-state index is 12.2. The number of aryl methyl sites for hydroxylation is 1. The van der Waals surface area contributed by atoms with Gasteiger partial charge in [-0.3, -0.25) is 4.79 Å². The first-order valence-electron chi connectivity index (χ1n) is 7.36. The number of anilines is 1. The van der Waals surface area contributed by atoms with E-state index >= 15 is 0 Å². The van der Waals surface area contributed by atoms with Gasteiger partial charge in [0.15, 0.2) is 5.78 Å². The fraction of sp³-hybridized carbons (Fsp3) is 0.211. The third-order valence-electron chi connectivity index (χ3n) is 3.25. The molecule has 0 fully saturated rings. The van der Waals surface area contributed by atoms with Gasteiger partial charge in [0.2, 0.25) is 0 Å². The van der Waals surface area contributed by atoms with E-state index in [1.807, 2.05) is 62.4 Å². The van der Waals surface area contributed by atoms with Crippen LogP contribution >= 0.6 is 0 Å². The molecule has 0 unspecified atom stereocenters. The number of para-hydroxylation sites is 2. The van der Waals surface area contributed by atoms with E-state index in [-0.39, 0.29) is 12.2 Å². The van der Waals surface area contributed by atoms with Gasteiger partial charge < -0.3 is 10.1 Å². The Labute approximate surface area is 131 Å². The van der Waals surface area contributed by atoms with Crippen molar-refractivity contribution in [3.05, 3.63) is 71.9 Å². The minimum absolute atomic E-state index is 0.0476. The molecule has 22 heavy (non-hydrogen) atoms. The average Bonchev–Trinajstić information content (AvgIpc) is 2.50. The van der Waals surface area contributed by atoms with E-state index in [9.17, 15) is 4.79 Å². The predicted octanol–water partition coefficient (Wildman–Crippen LogP) is 4.59. The van der Waals surface area contributed by atoms with Crippen molar-refractivity contribution < 1.29 is 9.53 Å². The minimum atomic E-state index is 0.0476. The third-order valence-corrected chi connectivity index (χ3v) is 3.25. The first-order chi connectivity index (χ1) is 10.6. The van der Waals surface area contributed by atoms with Gasteiger partial charge in [0.05, 0.1) is 18.7 Å². The average molecular weight is 295 g/mol. The lowest BCUT2D eigenvalue weighted by Crippen LogP contribution is -2.07. The molecule has 0 saturated heterocycles. The Morgan fingerprint density at radius 3 is 2.50 bits per heavy atom. The molecule has 3 nitrogen and oxygen atoms in total. The minimum Gasteiger partial charge on any atom is -0.492 e. The van der Waals surface area contributed by atoms with E-state index in [2.05, 4.69) is 11.9 Å². The second kappa shape index (κ2) is 7.46. The molecule has 0 spiro atoms. The SMILES string of the molecule is C=C(CC(=O)c1ccc(C)cc1)Nc1ccccc1OCC. The van der Waals surface area contributed by atoms with E-state index in [0.717, 1.165) is 17.0 Å². The van der Waals surface area contributed by atoms with Gasteiger partial charge in [0.1, 0.15) is 5.75 Å². The van der Waals surface area contributed by atoms with E-state index in [4.69, 9.17) is 4.74 Å². The van der Waals surface area contributed by atoms with Crippen LogP contribution in [0.3, 0.4) is 0 Å². The zero-order valence-electron chi connectivity index (χ0n) is 13.1. The Hall–Kier alpha value is -2.55. The second-order valence-corrected chi connectivity index (χ2v) is 5.12. The van der Waals surface area contributed by atoms with Crippen LogP contribution in [-0.2, 0) is 0 Å². The molecule has 114 valence electrons. The summed E-state index contributed by atoms with van der Waals surface area (Å²) in [4.78, 5) is 12.2. The maximum Gasteiger partial charge on any atom is 0.168 e. The zero-order valence-corrected chi connectivity index (χ0v) is 13.1. The number of carbonyl (C=O) groups is 1. The van der Waals surface area contributed by atoms with Gasteiger partial charge in [-0.15, -0.1) is 0 Å². The molecule has 0 heterocycles. The van der Waals surface area contributed by atoms with Crippen LogP contribution in [0.5, 0.6) is 5.75 Å². The molecule has 3 heteroatoms. The quantitative estimate of drug-likeness (QED) is 0.759. The van der Waals surface area contributed by atoms with E-state index < -0.39 is 0 Å². The number of rotatable bonds is 7. The molecule has 2 aromatic carbocycles. The second-order valence-electron chi connectivity index (χ2n) is 5.12. The number of allylic oxidation sites excluding steroid dienone is 1. The summed E-state index contributed by atoms with van der Waals surface area (Å²) >= 11 is 0. The number of benzene rings is 2. The highest BCUT2D eigenvalue weighted by Crippen LogP contribution is 2.25. The topological polar surface area (TPSA) is 38.3 Å². The van der Waals surface area contributed by atoms with Crippen LogP contribution in [0.4, 0.5) is 5.69 Å². The Morgan fingerprint density at radius 2 is 1.82 bits per heavy atom. The Balaban J connectivity index is 2.01. The normalized spacial score (nSPS) is 10.1. The summed E-state index contributed by atoms with van der Waals surface area (Å²) in [6, 6.07) is 15.2. The summed E-state index contributed by atoms with van der Waals surface area (Å²) in [7, 11) is 0. The number of ketones is 1. The fourth-order valence-corrected chi connectivity index (χ4v) is 2.12. The van der Waals surface area contributed by atoms with Crippen molar-refractivity contribution in [2.45, 2.75) is 20.3 Å². The number of nitrogens with one attached hydrogen (secondary N) is 1. The molecular weight excluding hydrogens is 274 g/mol. The van der Waals surface area contributed by atoms with E-state index in [0.29, 0.717) is 17.9 Å². The molecule has 0 aliphatic rings. The lowest BCUT2D eigenvalue weighted by atomic mass is 10.1. The van der Waals surface area contributed by atoms with Crippen LogP contribution < -0.4 is 10.1 Å². The number of hydrogen-bond acceptors (Lipinski definition) is 3. The monoisotopic (exact) mass is 295 g/mol. The number of Topliss-reactive ketones (excluding diaryl/α,β-unsaturated/α-hetero) is 1. The van der Waals surface area contributed by atoms with Crippen molar-refractivity contribution >= 4 is 11.5 Å². The zero-order chi connectivity index (χ0) is 15.9. The van der Waals surface area contributed by atoms with Gasteiger partial charge in [-0.1, -0.05) is 48.5 Å². The first-order valence-corrected chi connectivity index (χ1v) is 7.36. The summed E-state index contributed by atoms with van der Waals surface area (Å²) in [6.45, 7) is 8.47. The van der Waals surface area contributed by atoms with Crippen molar-refractivity contribution in [2.24, 2.45) is 0 Å². The van der Waals surface area contributed by atoms with Gasteiger partial charge in [0.25, 0.3) is 0 Å². The fourth-order valence-electron chi connectivity index (χ4n) is 2.12. The molecule has 1 N–H and O–H groups in total. The molecule has 0 atom stereocenters. The summed E-state index contributed by atoms with van der Waals surface area (Å²) in [6.07, 6.45) is 0.253. The van der Waals surface area contributed by atoms with E-state index in [1.54, 1.807) is 0 Å². The lowest BCUT2D eigenvalue weighted by Gasteiger charge is -2.13. The first kappa shape index (κ1) is 15.8. The molecule has 0 aliphatic heterocycles. The Bertz CT molecular complexity index is 659. The molecule has 0 radical (unpaired) electrons. The van der Waals surface area contributed by atoms with Crippen molar-refractivity contribution in [1.82, 2.24) is 0 Å². The number of carbonyl (C=O) groups excluding carboxylic acids is 1. The van der Waals surface area contributed by atoms with Crippen molar-refractivity contribution in [2.75, 3.05) is 11.9 Å². The van der Waals surface area contributed by atoms with Crippen molar-refractivity contribution in [3.8, 4) is 5.75 Å². The number of ether oxygens (including phenoxy) is 1. The van der Waals surface area contributed by atoms with Gasteiger partial charge >= 0.3 is 0 Å². The van der Waals surface area contributed by atoms with Gasteiger partial charge in [-0.2, -0.15) is 0 Å². The summed E-state index contributed by atoms with van der Waals surface area (Å²) in [5, 5.41) is 3.17. The van der Waals surface area contributed by atoms with Gasteiger partial charge in [0, 0.05) is 11.3 Å². The standard InChI is InChI=1S/C19H21NO2/c1-4-22-19-8-6-5-7-17(19)20-15(3)13-18(21)16-11-9-14(2)10-12-16/h5-12,20H,3-4,13H2,1-2H3. The molecule has 0 amide bonds. The Morgan fingerprint density at radius 1 is 1.14 bits per heavy atom. The highest BCUT2D eigenvalue weighted by molar-refractivity contribution is 5.97. The van der Waals surface area contributed by atoms with Crippen LogP contribution in [0.15, 0.2) is 60.8 Å². The van der Waals surface area contributed by atoms with Crippen LogP contribution in [0.1, 0.15) is 29.3 Å². The maximum atomic E-state index is 12.2. The van der Waals surface area contributed by atoms with Crippen LogP contribution in [0.2, 0.25) is 0 Å². The van der Waals surface area contributed by atoms with Crippen LogP contribution in [-0.4, -0.2) is 12.4 Å². The van der Waals surface area contributed by atoms with Crippen molar-refractivity contribution in [1.29, 1.82) is 0 Å². The molecular formula is C19H21NO2. The van der Waals surface area contributed by atoms with Gasteiger partial charge in [-0.25, -0.2) is 0 Å². The van der Waals surface area contributed by atoms with E-state index in [1.165, 1.54) is 0 Å². The number of hydrogen-bond donors (Lipinski definition) is 1. The molecule has 2 rings (SSSR count). The van der Waals surface area contributed by atoms with Crippen molar-refractivity contribution in [3.63, 3.8) is 0 Å². The highest BCUT2D eigenvalue weighted by atomic mass is 16.5. The lowest BCUT2D eigenvalue weighted by molar-refractivity contribution is 0.0993. The van der Waals surface area contributed by atoms with Crippen LogP contribution in [0, 0.1) is 6.92 Å². The summed E-state index contributed by atoms with van der Waals surface area (Å²) in [5.41, 5.74) is 3.31. The highest BCUT2D eigenvalue weighted by Gasteiger charge is 2.09. The predicted molar refractivity (Wildman–Crippen MR) is 90.5 cm³/mol. The Kier molecular flexibility index (Phi) is 5.37. The summed E-state index contributed by atoms with van der Waals surface area (Å²) in [5.74, 6) is 0.806. The third kappa shape index (κ3) is 4.22.